The fourth-order valence-corrected chi connectivity index (χ4v) is 3.49. The van der Waals surface area contributed by atoms with Gasteiger partial charge in [-0.25, -0.2) is 4.98 Å². The predicted molar refractivity (Wildman–Crippen MR) is 122 cm³/mol. The number of para-hydroxylation sites is 1. The number of ether oxygens (including phenoxy) is 1. The molecule has 1 heterocycles. The van der Waals surface area contributed by atoms with Gasteiger partial charge in [-0.3, -0.25) is 0 Å². The highest BCUT2D eigenvalue weighted by atomic mass is 35.5. The summed E-state index contributed by atoms with van der Waals surface area (Å²) in [5.41, 5.74) is 4.62. The third-order valence-electron chi connectivity index (χ3n) is 4.74. The average molecular weight is 420 g/mol. The van der Waals surface area contributed by atoms with Crippen LogP contribution in [-0.4, -0.2) is 4.98 Å². The molecule has 0 N–H and O–H groups in total. The van der Waals surface area contributed by atoms with Crippen LogP contribution in [0.4, 0.5) is 0 Å². The molecule has 0 amide bonds. The lowest BCUT2D eigenvalue weighted by molar-refractivity contribution is 0.302. The van der Waals surface area contributed by atoms with Gasteiger partial charge in [0.25, 0.3) is 0 Å². The predicted octanol–water partition coefficient (Wildman–Crippen LogP) is 7.46. The molecule has 1 unspecified atom stereocenters. The van der Waals surface area contributed by atoms with Gasteiger partial charge in [0.15, 0.2) is 0 Å². The average Bonchev–Trinajstić information content (AvgIpc) is 2.77. The van der Waals surface area contributed by atoms with Crippen molar-refractivity contribution in [2.24, 2.45) is 0 Å². The second-order valence-electron chi connectivity index (χ2n) is 6.75. The SMILES string of the molecule is C=C(c1ccc(OCc2ccc3ccccc3n2)cc1)C(Cl)c1ccc(Cl)cc1. The van der Waals surface area contributed by atoms with E-state index in [1.807, 2.05) is 78.9 Å². The molecule has 0 spiro atoms. The van der Waals surface area contributed by atoms with E-state index < -0.39 is 0 Å². The fourth-order valence-electron chi connectivity index (χ4n) is 3.09. The third-order valence-corrected chi connectivity index (χ3v) is 5.50. The molecule has 2 nitrogen and oxygen atoms in total. The number of hydrogen-bond acceptors (Lipinski definition) is 2. The monoisotopic (exact) mass is 419 g/mol. The van der Waals surface area contributed by atoms with Crippen LogP contribution in [0.25, 0.3) is 16.5 Å². The summed E-state index contributed by atoms with van der Waals surface area (Å²) >= 11 is 12.5. The number of rotatable bonds is 6. The quantitative estimate of drug-likeness (QED) is 0.302. The van der Waals surface area contributed by atoms with E-state index in [0.717, 1.165) is 39.0 Å². The number of fused-ring (bicyclic) bond motifs is 1. The number of benzene rings is 3. The minimum atomic E-state index is -0.319. The van der Waals surface area contributed by atoms with E-state index in [0.29, 0.717) is 11.6 Å². The zero-order valence-corrected chi connectivity index (χ0v) is 17.2. The molecule has 3 aromatic carbocycles. The molecule has 144 valence electrons. The van der Waals surface area contributed by atoms with Crippen molar-refractivity contribution in [1.29, 1.82) is 0 Å². The summed E-state index contributed by atoms with van der Waals surface area (Å²) in [6, 6.07) is 27.4. The molecule has 0 saturated heterocycles. The molecule has 0 aliphatic rings. The highest BCUT2D eigenvalue weighted by Gasteiger charge is 2.14. The molecule has 4 aromatic rings. The van der Waals surface area contributed by atoms with E-state index >= 15 is 0 Å². The molecular formula is C25H19Cl2NO. The highest BCUT2D eigenvalue weighted by Crippen LogP contribution is 2.35. The Kier molecular flexibility index (Phi) is 5.84. The minimum Gasteiger partial charge on any atom is -0.487 e. The summed E-state index contributed by atoms with van der Waals surface area (Å²) in [6.07, 6.45) is 0. The Morgan fingerprint density at radius 2 is 1.62 bits per heavy atom. The van der Waals surface area contributed by atoms with Gasteiger partial charge < -0.3 is 4.74 Å². The molecule has 0 aliphatic carbocycles. The molecule has 29 heavy (non-hydrogen) atoms. The Morgan fingerprint density at radius 1 is 0.897 bits per heavy atom. The lowest BCUT2D eigenvalue weighted by Gasteiger charge is -2.14. The largest absolute Gasteiger partial charge is 0.487 e. The third kappa shape index (κ3) is 4.61. The van der Waals surface area contributed by atoms with Gasteiger partial charge in [0.2, 0.25) is 0 Å². The van der Waals surface area contributed by atoms with Crippen LogP contribution < -0.4 is 4.74 Å². The number of pyridine rings is 1. The van der Waals surface area contributed by atoms with Crippen LogP contribution in [0.1, 0.15) is 22.2 Å². The molecule has 4 rings (SSSR count). The first-order chi connectivity index (χ1) is 14.1. The number of halogens is 2. The van der Waals surface area contributed by atoms with Crippen molar-refractivity contribution >= 4 is 39.7 Å². The maximum atomic E-state index is 6.59. The molecule has 1 atom stereocenters. The Labute approximate surface area is 180 Å². The summed E-state index contributed by atoms with van der Waals surface area (Å²) < 4.78 is 5.89. The summed E-state index contributed by atoms with van der Waals surface area (Å²) in [4.78, 5) is 4.63. The Balaban J connectivity index is 1.41. The van der Waals surface area contributed by atoms with E-state index in [4.69, 9.17) is 27.9 Å². The minimum absolute atomic E-state index is 0.319. The van der Waals surface area contributed by atoms with Gasteiger partial charge in [0.05, 0.1) is 16.6 Å². The number of nitrogens with zero attached hydrogens (tertiary/aromatic N) is 1. The molecule has 0 aliphatic heterocycles. The van der Waals surface area contributed by atoms with Gasteiger partial charge in [-0.1, -0.05) is 66.7 Å². The second-order valence-corrected chi connectivity index (χ2v) is 7.62. The van der Waals surface area contributed by atoms with Crippen LogP contribution in [0.2, 0.25) is 5.02 Å². The van der Waals surface area contributed by atoms with Crippen molar-refractivity contribution in [2.45, 2.75) is 12.0 Å². The van der Waals surface area contributed by atoms with Gasteiger partial charge in [0, 0.05) is 10.4 Å². The van der Waals surface area contributed by atoms with Crippen molar-refractivity contribution in [2.75, 3.05) is 0 Å². The normalized spacial score (nSPS) is 11.9. The van der Waals surface area contributed by atoms with Crippen LogP contribution in [0.5, 0.6) is 5.75 Å². The van der Waals surface area contributed by atoms with Gasteiger partial charge in [0.1, 0.15) is 12.4 Å². The number of aromatic nitrogens is 1. The second kappa shape index (κ2) is 8.69. The standard InChI is InChI=1S/C25H19Cl2NO/c1-17(25(27)20-6-11-21(26)12-7-20)18-9-14-23(15-10-18)29-16-22-13-8-19-4-2-3-5-24(19)28-22/h2-15,25H,1,16H2. The van der Waals surface area contributed by atoms with Crippen molar-refractivity contribution < 1.29 is 4.74 Å². The van der Waals surface area contributed by atoms with Crippen LogP contribution in [-0.2, 0) is 6.61 Å². The molecule has 4 heteroatoms. The Hall–Kier alpha value is -2.81. The molecule has 0 saturated carbocycles. The van der Waals surface area contributed by atoms with E-state index in [-0.39, 0.29) is 5.38 Å². The van der Waals surface area contributed by atoms with Gasteiger partial charge in [-0.15, -0.1) is 11.6 Å². The number of hydrogen-bond donors (Lipinski definition) is 0. The van der Waals surface area contributed by atoms with Crippen molar-refractivity contribution in [1.82, 2.24) is 4.98 Å². The van der Waals surface area contributed by atoms with E-state index in [1.165, 1.54) is 0 Å². The maximum absolute atomic E-state index is 6.59. The van der Waals surface area contributed by atoms with Crippen LogP contribution >= 0.6 is 23.2 Å². The van der Waals surface area contributed by atoms with Crippen molar-refractivity contribution in [3.05, 3.63) is 113 Å². The number of allylic oxidation sites excluding steroid dienone is 1. The first-order valence-electron chi connectivity index (χ1n) is 9.26. The summed E-state index contributed by atoms with van der Waals surface area (Å²) in [7, 11) is 0. The molecule has 0 fully saturated rings. The van der Waals surface area contributed by atoms with Gasteiger partial charge in [-0.2, -0.15) is 0 Å². The summed E-state index contributed by atoms with van der Waals surface area (Å²) in [6.45, 7) is 4.57. The van der Waals surface area contributed by atoms with E-state index in [2.05, 4.69) is 17.6 Å². The number of alkyl halides is 1. The van der Waals surface area contributed by atoms with Crippen LogP contribution in [0.3, 0.4) is 0 Å². The first kappa shape index (κ1) is 19.5. The molecule has 0 bridgehead atoms. The maximum Gasteiger partial charge on any atom is 0.130 e. The Morgan fingerprint density at radius 3 is 2.38 bits per heavy atom. The molecule has 0 radical (unpaired) electrons. The summed E-state index contributed by atoms with van der Waals surface area (Å²) in [5.74, 6) is 0.772. The Bertz CT molecular complexity index is 1140. The zero-order chi connectivity index (χ0) is 20.2. The van der Waals surface area contributed by atoms with Crippen molar-refractivity contribution in [3.63, 3.8) is 0 Å². The lowest BCUT2D eigenvalue weighted by atomic mass is 9.99. The van der Waals surface area contributed by atoms with Crippen LogP contribution in [0, 0.1) is 0 Å². The smallest absolute Gasteiger partial charge is 0.130 e. The van der Waals surface area contributed by atoms with Gasteiger partial charge in [-0.05, 0) is 53.1 Å². The molecule has 1 aromatic heterocycles. The molecular weight excluding hydrogens is 401 g/mol. The zero-order valence-electron chi connectivity index (χ0n) is 15.7. The topological polar surface area (TPSA) is 22.1 Å². The summed E-state index contributed by atoms with van der Waals surface area (Å²) in [5, 5.41) is 1.49. The highest BCUT2D eigenvalue weighted by molar-refractivity contribution is 6.30. The van der Waals surface area contributed by atoms with Gasteiger partial charge >= 0.3 is 0 Å². The van der Waals surface area contributed by atoms with E-state index in [9.17, 15) is 0 Å². The van der Waals surface area contributed by atoms with Crippen molar-refractivity contribution in [3.8, 4) is 5.75 Å². The van der Waals surface area contributed by atoms with E-state index in [1.54, 1.807) is 0 Å². The lowest BCUT2D eigenvalue weighted by Crippen LogP contribution is -1.99. The first-order valence-corrected chi connectivity index (χ1v) is 10.1. The fraction of sp³-hybridized carbons (Fsp3) is 0.0800. The van der Waals surface area contributed by atoms with Crippen LogP contribution in [0.15, 0.2) is 91.5 Å².